The molecule has 1 heterocycles. The lowest BCUT2D eigenvalue weighted by Crippen LogP contribution is -2.11. The third-order valence-electron chi connectivity index (χ3n) is 5.61. The van der Waals surface area contributed by atoms with Gasteiger partial charge in [-0.1, -0.05) is 51.1 Å². The number of nitrogens with two attached hydrogens (primary N) is 1. The quantitative estimate of drug-likeness (QED) is 0.377. The molecule has 36 heavy (non-hydrogen) atoms. The second-order valence-electron chi connectivity index (χ2n) is 9.45. The van der Waals surface area contributed by atoms with E-state index >= 15 is 0 Å². The van der Waals surface area contributed by atoms with Crippen molar-refractivity contribution in [3.8, 4) is 11.4 Å². The maximum absolute atomic E-state index is 11.2. The third-order valence-corrected chi connectivity index (χ3v) is 5.61. The van der Waals surface area contributed by atoms with E-state index < -0.39 is 5.91 Å². The Kier molecular flexibility index (Phi) is 11.4. The first-order valence-electron chi connectivity index (χ1n) is 11.6. The molecule has 0 aliphatic carbocycles. The number of rotatable bonds is 3. The lowest BCUT2D eigenvalue weighted by atomic mass is 9.86. The van der Waals surface area contributed by atoms with Gasteiger partial charge in [0.15, 0.2) is 0 Å². The Hall–Kier alpha value is -3.61. The molecule has 3 aromatic carbocycles. The molecule has 0 aliphatic rings. The minimum Gasteiger partial charge on any atom is -0.496 e. The Labute approximate surface area is 216 Å². The zero-order chi connectivity index (χ0) is 26.2. The summed E-state index contributed by atoms with van der Waals surface area (Å²) >= 11 is 0. The van der Waals surface area contributed by atoms with Gasteiger partial charge in [0.25, 0.3) is 0 Å². The number of hydrogen-bond acceptors (Lipinski definition) is 3. The highest BCUT2D eigenvalue weighted by Crippen LogP contribution is 2.27. The number of carbonyl (C=O) groups excluding carboxylic acids is 1. The summed E-state index contributed by atoms with van der Waals surface area (Å²) in [5.74, 6) is 0.568. The molecule has 1 amide bonds. The van der Waals surface area contributed by atoms with Crippen LogP contribution in [0, 0.1) is 13.8 Å². The Morgan fingerprint density at radius 1 is 0.889 bits per heavy atom. The summed E-state index contributed by atoms with van der Waals surface area (Å²) in [5.41, 5.74) is 12.0. The minimum absolute atomic E-state index is 0. The highest BCUT2D eigenvalue weighted by atomic mass is 16.5. The summed E-state index contributed by atoms with van der Waals surface area (Å²) in [7, 11) is 4.96. The smallest absolute Gasteiger partial charge is 0.248 e. The summed E-state index contributed by atoms with van der Waals surface area (Å²) in [6.45, 7) is 10.8. The number of nitrogens with zero attached hydrogens (tertiary/aromatic N) is 1. The average Bonchev–Trinajstić information content (AvgIpc) is 3.23. The fourth-order valence-electron chi connectivity index (χ4n) is 3.68. The van der Waals surface area contributed by atoms with E-state index in [0.717, 1.165) is 22.3 Å². The van der Waals surface area contributed by atoms with Gasteiger partial charge in [-0.15, -0.1) is 0 Å². The number of ether oxygens (including phenoxy) is 2. The molecule has 4 aromatic rings. The molecule has 0 spiro atoms. The van der Waals surface area contributed by atoms with E-state index in [2.05, 4.69) is 68.2 Å². The predicted molar refractivity (Wildman–Crippen MR) is 152 cm³/mol. The molecular formula is C30H42N2O4. The number of hydrogen-bond donors (Lipinski definition) is 1. The van der Waals surface area contributed by atoms with E-state index in [1.54, 1.807) is 27.4 Å². The highest BCUT2D eigenvalue weighted by Gasteiger charge is 2.14. The molecular weight excluding hydrogens is 452 g/mol. The molecule has 6 heteroatoms. The summed E-state index contributed by atoms with van der Waals surface area (Å²) in [6, 6.07) is 22.1. The van der Waals surface area contributed by atoms with Gasteiger partial charge >= 0.3 is 0 Å². The van der Waals surface area contributed by atoms with Crippen LogP contribution in [0.4, 0.5) is 0 Å². The van der Waals surface area contributed by atoms with Gasteiger partial charge in [-0.3, -0.25) is 4.79 Å². The van der Waals surface area contributed by atoms with Gasteiger partial charge < -0.3 is 25.3 Å². The summed E-state index contributed by atoms with van der Waals surface area (Å²) in [6.07, 6.45) is 2.01. The second kappa shape index (κ2) is 13.5. The van der Waals surface area contributed by atoms with Crippen molar-refractivity contribution in [2.75, 3.05) is 21.3 Å². The zero-order valence-corrected chi connectivity index (χ0v) is 22.7. The summed E-state index contributed by atoms with van der Waals surface area (Å²) < 4.78 is 11.6. The molecule has 6 nitrogen and oxygen atoms in total. The molecule has 0 radical (unpaired) electrons. The molecule has 0 atom stereocenters. The average molecular weight is 495 g/mol. The number of carbonyl (C=O) groups is 1. The maximum Gasteiger partial charge on any atom is 0.248 e. The van der Waals surface area contributed by atoms with Crippen molar-refractivity contribution in [1.82, 2.24) is 4.57 Å². The largest absolute Gasteiger partial charge is 0.496 e. The van der Waals surface area contributed by atoms with E-state index in [1.807, 2.05) is 42.6 Å². The van der Waals surface area contributed by atoms with Crippen LogP contribution < -0.4 is 10.5 Å². The number of benzene rings is 3. The number of methoxy groups -OCH3 is 2. The van der Waals surface area contributed by atoms with Crippen molar-refractivity contribution in [2.24, 2.45) is 5.73 Å². The molecule has 1 aromatic heterocycles. The third kappa shape index (κ3) is 7.70. The van der Waals surface area contributed by atoms with Crippen LogP contribution in [0.2, 0.25) is 0 Å². The molecule has 0 unspecified atom stereocenters. The molecule has 4 rings (SSSR count). The Morgan fingerprint density at radius 2 is 1.53 bits per heavy atom. The number of para-hydroxylation sites is 1. The van der Waals surface area contributed by atoms with E-state index in [-0.39, 0.29) is 12.3 Å². The van der Waals surface area contributed by atoms with Crippen LogP contribution in [0.15, 0.2) is 72.9 Å². The second-order valence-corrected chi connectivity index (χ2v) is 9.45. The lowest BCUT2D eigenvalue weighted by Gasteiger charge is -2.20. The summed E-state index contributed by atoms with van der Waals surface area (Å²) in [4.78, 5) is 11.2. The molecule has 0 saturated carbocycles. The Bertz CT molecular complexity index is 1280. The fourth-order valence-corrected chi connectivity index (χ4v) is 3.68. The van der Waals surface area contributed by atoms with E-state index in [4.69, 9.17) is 10.5 Å². The summed E-state index contributed by atoms with van der Waals surface area (Å²) in [5, 5.41) is 1.01. The topological polar surface area (TPSA) is 98.0 Å². The normalized spacial score (nSPS) is 10.3. The van der Waals surface area contributed by atoms with Gasteiger partial charge in [-0.25, -0.2) is 0 Å². The van der Waals surface area contributed by atoms with Crippen molar-refractivity contribution in [2.45, 2.75) is 40.0 Å². The number of aryl methyl sites for hydroxylation is 2. The SMILES string of the molecule is COC.COc1ccc(C(C)(C)C)cc1C.Cc1ccccc1-n1ccc2cc(C(N)=O)ccc21.O.[HH]. The molecule has 196 valence electrons. The van der Waals surface area contributed by atoms with Gasteiger partial charge in [-0.05, 0) is 72.4 Å². The maximum atomic E-state index is 11.2. The van der Waals surface area contributed by atoms with Crippen LogP contribution in [-0.4, -0.2) is 37.3 Å². The van der Waals surface area contributed by atoms with Gasteiger partial charge in [0.1, 0.15) is 5.75 Å². The van der Waals surface area contributed by atoms with Crippen molar-refractivity contribution in [3.63, 3.8) is 0 Å². The molecule has 0 bridgehead atoms. The van der Waals surface area contributed by atoms with Crippen LogP contribution in [0.3, 0.4) is 0 Å². The molecule has 0 fully saturated rings. The first kappa shape index (κ1) is 30.4. The predicted octanol–water partition coefficient (Wildman–Crippen LogP) is 6.02. The van der Waals surface area contributed by atoms with Gasteiger partial charge in [0, 0.05) is 38.5 Å². The van der Waals surface area contributed by atoms with Crippen molar-refractivity contribution < 1.29 is 21.2 Å². The first-order valence-corrected chi connectivity index (χ1v) is 11.6. The monoisotopic (exact) mass is 494 g/mol. The number of amides is 1. The van der Waals surface area contributed by atoms with Crippen molar-refractivity contribution in [3.05, 3.63) is 95.2 Å². The Morgan fingerprint density at radius 3 is 2.06 bits per heavy atom. The number of primary amides is 1. The Balaban J connectivity index is 0.000000636. The van der Waals surface area contributed by atoms with Crippen LogP contribution in [-0.2, 0) is 10.2 Å². The van der Waals surface area contributed by atoms with Crippen LogP contribution in [0.5, 0.6) is 5.75 Å². The van der Waals surface area contributed by atoms with Gasteiger partial charge in [-0.2, -0.15) is 0 Å². The first-order chi connectivity index (χ1) is 16.5. The fraction of sp³-hybridized carbons (Fsp3) is 0.300. The van der Waals surface area contributed by atoms with Crippen LogP contribution in [0.25, 0.3) is 16.6 Å². The molecule has 4 N–H and O–H groups in total. The zero-order valence-electron chi connectivity index (χ0n) is 22.7. The lowest BCUT2D eigenvalue weighted by molar-refractivity contribution is 0.100. The number of aromatic nitrogens is 1. The van der Waals surface area contributed by atoms with E-state index in [9.17, 15) is 4.79 Å². The van der Waals surface area contributed by atoms with Crippen LogP contribution >= 0.6 is 0 Å². The molecule has 0 saturated heterocycles. The minimum atomic E-state index is -0.398. The van der Waals surface area contributed by atoms with Gasteiger partial charge in [0.05, 0.1) is 12.6 Å². The van der Waals surface area contributed by atoms with Crippen molar-refractivity contribution in [1.29, 1.82) is 0 Å². The standard InChI is InChI=1S/C16H14N2O.C12H18O.C2H6O.H2O.H2/c1-11-4-2-3-5-14(11)18-9-8-12-10-13(16(17)19)6-7-15(12)18;1-9-8-10(12(2,3)4)6-7-11(9)13-5;1-3-2;;/h2-10H,1H3,(H2,17,19);6-8H,1-5H3;1-2H3;1H2;1H. The van der Waals surface area contributed by atoms with Crippen LogP contribution in [0.1, 0.15) is 49.2 Å². The molecule has 0 aliphatic heterocycles. The number of fused-ring (bicyclic) bond motifs is 1. The van der Waals surface area contributed by atoms with E-state index in [0.29, 0.717) is 5.56 Å². The highest BCUT2D eigenvalue weighted by molar-refractivity contribution is 5.97. The van der Waals surface area contributed by atoms with E-state index in [1.165, 1.54) is 16.7 Å². The van der Waals surface area contributed by atoms with Crippen molar-refractivity contribution >= 4 is 16.8 Å². The van der Waals surface area contributed by atoms with Gasteiger partial charge in [0.2, 0.25) is 5.91 Å².